The molecule has 0 spiro atoms. The fourth-order valence-corrected chi connectivity index (χ4v) is 2.31. The summed E-state index contributed by atoms with van der Waals surface area (Å²) in [5.41, 5.74) is 0. The van der Waals surface area contributed by atoms with Crippen LogP contribution in [0.5, 0.6) is 0 Å². The summed E-state index contributed by atoms with van der Waals surface area (Å²) < 4.78 is 26.0. The lowest BCUT2D eigenvalue weighted by molar-refractivity contribution is 0.599. The summed E-state index contributed by atoms with van der Waals surface area (Å²) in [7, 11) is -3.21. The van der Waals surface area contributed by atoms with Crippen molar-refractivity contribution in [2.45, 2.75) is 13.3 Å². The molecule has 0 bridgehead atoms. The van der Waals surface area contributed by atoms with Gasteiger partial charge in [-0.1, -0.05) is 6.92 Å². The number of rotatable bonds is 4. The Bertz CT molecular complexity index is 388. The van der Waals surface area contributed by atoms with Crippen LogP contribution in [0.2, 0.25) is 0 Å². The highest BCUT2D eigenvalue weighted by molar-refractivity contribution is 14.1. The van der Waals surface area contributed by atoms with Crippen molar-refractivity contribution in [3.63, 3.8) is 0 Å². The van der Waals surface area contributed by atoms with Crippen molar-refractivity contribution in [3.8, 4) is 0 Å². The molecule has 0 aromatic carbocycles. The number of hydrogen-bond acceptors (Lipinski definition) is 3. The maximum Gasteiger partial charge on any atom is 0.233 e. The van der Waals surface area contributed by atoms with Crippen LogP contribution in [-0.4, -0.2) is 19.2 Å². The molecule has 78 valence electrons. The van der Waals surface area contributed by atoms with Crippen LogP contribution in [0.25, 0.3) is 0 Å². The molecule has 1 aromatic heterocycles. The first-order valence-electron chi connectivity index (χ1n) is 4.15. The average molecular weight is 326 g/mol. The van der Waals surface area contributed by atoms with Crippen LogP contribution in [0.4, 0.5) is 5.82 Å². The number of halogens is 1. The van der Waals surface area contributed by atoms with Crippen LogP contribution in [-0.2, 0) is 10.0 Å². The van der Waals surface area contributed by atoms with E-state index in [0.29, 0.717) is 12.2 Å². The number of nitrogens with one attached hydrogen (secondary N) is 1. The van der Waals surface area contributed by atoms with E-state index in [2.05, 4.69) is 32.3 Å². The first kappa shape index (κ1) is 11.7. The SMILES string of the molecule is CCCS(=O)(=O)Nc1ccc(I)cn1. The predicted octanol–water partition coefficient (Wildman–Crippen LogP) is 1.84. The second kappa shape index (κ2) is 4.92. The van der Waals surface area contributed by atoms with Gasteiger partial charge in [-0.25, -0.2) is 13.4 Å². The third kappa shape index (κ3) is 3.79. The molecular formula is C8H11IN2O2S. The standard InChI is InChI=1S/C8H11IN2O2S/c1-2-5-14(12,13)11-8-4-3-7(9)6-10-8/h3-4,6H,2,5H2,1H3,(H,10,11). The van der Waals surface area contributed by atoms with Crippen molar-refractivity contribution in [2.24, 2.45) is 0 Å². The Balaban J connectivity index is 2.74. The second-order valence-corrected chi connectivity index (χ2v) is 5.87. The lowest BCUT2D eigenvalue weighted by Crippen LogP contribution is -2.16. The highest BCUT2D eigenvalue weighted by Crippen LogP contribution is 2.09. The molecule has 0 aliphatic rings. The van der Waals surface area contributed by atoms with E-state index in [0.717, 1.165) is 3.57 Å². The molecule has 0 unspecified atom stereocenters. The highest BCUT2D eigenvalue weighted by Gasteiger charge is 2.08. The first-order valence-corrected chi connectivity index (χ1v) is 6.88. The molecule has 0 saturated heterocycles. The van der Waals surface area contributed by atoms with Gasteiger partial charge in [0.1, 0.15) is 5.82 Å². The van der Waals surface area contributed by atoms with Crippen molar-refractivity contribution >= 4 is 38.4 Å². The Labute approximate surface area is 97.3 Å². The zero-order valence-corrected chi connectivity index (χ0v) is 10.7. The van der Waals surface area contributed by atoms with Gasteiger partial charge in [0.25, 0.3) is 0 Å². The zero-order chi connectivity index (χ0) is 10.6. The normalized spacial score (nSPS) is 11.3. The fourth-order valence-electron chi connectivity index (χ4n) is 0.915. The summed E-state index contributed by atoms with van der Waals surface area (Å²) >= 11 is 2.11. The number of anilines is 1. The predicted molar refractivity (Wildman–Crippen MR) is 64.7 cm³/mol. The van der Waals surface area contributed by atoms with E-state index in [4.69, 9.17) is 0 Å². The van der Waals surface area contributed by atoms with Crippen molar-refractivity contribution in [2.75, 3.05) is 10.5 Å². The largest absolute Gasteiger partial charge is 0.267 e. The van der Waals surface area contributed by atoms with Crippen LogP contribution in [0, 0.1) is 3.57 Å². The van der Waals surface area contributed by atoms with Gasteiger partial charge in [-0.15, -0.1) is 0 Å². The van der Waals surface area contributed by atoms with Gasteiger partial charge in [0.15, 0.2) is 0 Å². The van der Waals surface area contributed by atoms with Crippen LogP contribution in [0.15, 0.2) is 18.3 Å². The van der Waals surface area contributed by atoms with Crippen LogP contribution >= 0.6 is 22.6 Å². The Morgan fingerprint density at radius 3 is 2.71 bits per heavy atom. The molecule has 0 fully saturated rings. The number of pyridine rings is 1. The monoisotopic (exact) mass is 326 g/mol. The summed E-state index contributed by atoms with van der Waals surface area (Å²) in [6.07, 6.45) is 2.21. The Morgan fingerprint density at radius 1 is 1.50 bits per heavy atom. The smallest absolute Gasteiger partial charge is 0.233 e. The summed E-state index contributed by atoms with van der Waals surface area (Å²) in [5, 5.41) is 0. The molecule has 0 atom stereocenters. The Hall–Kier alpha value is -0.370. The molecule has 0 aliphatic carbocycles. The van der Waals surface area contributed by atoms with Crippen LogP contribution in [0.3, 0.4) is 0 Å². The van der Waals surface area contributed by atoms with Gasteiger partial charge >= 0.3 is 0 Å². The Kier molecular flexibility index (Phi) is 4.11. The summed E-state index contributed by atoms with van der Waals surface area (Å²) in [6.45, 7) is 1.82. The molecule has 0 saturated carbocycles. The number of aromatic nitrogens is 1. The van der Waals surface area contributed by atoms with E-state index in [9.17, 15) is 8.42 Å². The van der Waals surface area contributed by atoms with Crippen molar-refractivity contribution < 1.29 is 8.42 Å². The van der Waals surface area contributed by atoms with E-state index >= 15 is 0 Å². The van der Waals surface area contributed by atoms with E-state index < -0.39 is 10.0 Å². The minimum atomic E-state index is -3.21. The van der Waals surface area contributed by atoms with Crippen molar-refractivity contribution in [1.29, 1.82) is 0 Å². The minimum absolute atomic E-state index is 0.126. The molecule has 1 rings (SSSR count). The van der Waals surface area contributed by atoms with Crippen LogP contribution in [0.1, 0.15) is 13.3 Å². The molecule has 1 heterocycles. The highest BCUT2D eigenvalue weighted by atomic mass is 127. The van der Waals surface area contributed by atoms with Gasteiger partial charge in [-0.05, 0) is 41.1 Å². The topological polar surface area (TPSA) is 59.1 Å². The van der Waals surface area contributed by atoms with Gasteiger partial charge in [0.05, 0.1) is 5.75 Å². The lowest BCUT2D eigenvalue weighted by atomic mass is 10.5. The van der Waals surface area contributed by atoms with Crippen molar-refractivity contribution in [3.05, 3.63) is 21.9 Å². The second-order valence-electron chi connectivity index (χ2n) is 2.78. The number of hydrogen-bond donors (Lipinski definition) is 1. The molecule has 1 aromatic rings. The third-order valence-electron chi connectivity index (χ3n) is 1.46. The zero-order valence-electron chi connectivity index (χ0n) is 7.70. The average Bonchev–Trinajstić information content (AvgIpc) is 2.08. The van der Waals surface area contributed by atoms with Gasteiger partial charge in [-0.3, -0.25) is 4.72 Å². The Morgan fingerprint density at radius 2 is 2.21 bits per heavy atom. The van der Waals surface area contributed by atoms with Gasteiger partial charge in [-0.2, -0.15) is 0 Å². The summed E-state index contributed by atoms with van der Waals surface area (Å²) in [4.78, 5) is 3.95. The van der Waals surface area contributed by atoms with Gasteiger partial charge in [0.2, 0.25) is 10.0 Å². The maximum absolute atomic E-state index is 11.3. The molecule has 4 nitrogen and oxygen atoms in total. The van der Waals surface area contributed by atoms with E-state index in [1.54, 1.807) is 18.3 Å². The molecule has 14 heavy (non-hydrogen) atoms. The summed E-state index contributed by atoms with van der Waals surface area (Å²) in [5.74, 6) is 0.500. The first-order chi connectivity index (χ1) is 6.53. The van der Waals surface area contributed by atoms with Gasteiger partial charge in [0, 0.05) is 9.77 Å². The number of sulfonamides is 1. The molecule has 6 heteroatoms. The molecule has 0 radical (unpaired) electrons. The van der Waals surface area contributed by atoms with E-state index in [1.165, 1.54) is 0 Å². The molecule has 1 N–H and O–H groups in total. The third-order valence-corrected chi connectivity index (χ3v) is 3.56. The maximum atomic E-state index is 11.3. The molecular weight excluding hydrogens is 315 g/mol. The molecule has 0 aliphatic heterocycles. The quantitative estimate of drug-likeness (QED) is 0.859. The molecule has 0 amide bonds. The minimum Gasteiger partial charge on any atom is -0.267 e. The van der Waals surface area contributed by atoms with Crippen molar-refractivity contribution in [1.82, 2.24) is 4.98 Å². The van der Waals surface area contributed by atoms with Crippen LogP contribution < -0.4 is 4.72 Å². The fraction of sp³-hybridized carbons (Fsp3) is 0.375. The summed E-state index contributed by atoms with van der Waals surface area (Å²) in [6, 6.07) is 3.45. The lowest BCUT2D eigenvalue weighted by Gasteiger charge is -2.05. The van der Waals surface area contributed by atoms with E-state index in [1.807, 2.05) is 6.92 Å². The van der Waals surface area contributed by atoms with Gasteiger partial charge < -0.3 is 0 Å². The van der Waals surface area contributed by atoms with E-state index in [-0.39, 0.29) is 5.75 Å². The number of nitrogens with zero attached hydrogens (tertiary/aromatic N) is 1.